The molecule has 1 aliphatic heterocycles. The van der Waals surface area contributed by atoms with Crippen molar-refractivity contribution in [2.75, 3.05) is 51.8 Å². The van der Waals surface area contributed by atoms with Crippen molar-refractivity contribution in [3.63, 3.8) is 0 Å². The molecule has 0 atom stereocenters. The first-order valence-corrected chi connectivity index (χ1v) is 10.9. The van der Waals surface area contributed by atoms with Gasteiger partial charge in [0.15, 0.2) is 0 Å². The number of benzene rings is 1. The molecule has 30 heavy (non-hydrogen) atoms. The number of nitro groups is 1. The quantitative estimate of drug-likeness (QED) is 0.368. The molecule has 3 rings (SSSR count). The number of carbonyl (C=O) groups excluding carboxylic acids is 1. The molecule has 2 aromatic rings. The van der Waals surface area contributed by atoms with Crippen LogP contribution in [0.5, 0.6) is 0 Å². The molecule has 1 fully saturated rings. The van der Waals surface area contributed by atoms with Gasteiger partial charge in [-0.15, -0.1) is 11.3 Å². The van der Waals surface area contributed by atoms with Crippen molar-refractivity contribution in [2.45, 2.75) is 19.9 Å². The number of rotatable bonds is 9. The van der Waals surface area contributed by atoms with Gasteiger partial charge in [-0.05, 0) is 18.6 Å². The summed E-state index contributed by atoms with van der Waals surface area (Å²) >= 11 is 1.68. The highest BCUT2D eigenvalue weighted by Gasteiger charge is 2.25. The molecule has 10 heteroatoms. The fourth-order valence-corrected chi connectivity index (χ4v) is 4.09. The highest BCUT2D eigenvalue weighted by Crippen LogP contribution is 2.26. The summed E-state index contributed by atoms with van der Waals surface area (Å²) < 4.78 is 4.96. The summed E-state index contributed by atoms with van der Waals surface area (Å²) in [7, 11) is 1.57. The van der Waals surface area contributed by atoms with Gasteiger partial charge < -0.3 is 15.0 Å². The van der Waals surface area contributed by atoms with Crippen molar-refractivity contribution in [1.82, 2.24) is 14.8 Å². The van der Waals surface area contributed by atoms with Crippen LogP contribution in [-0.2, 0) is 17.7 Å². The van der Waals surface area contributed by atoms with Crippen LogP contribution in [0.4, 0.5) is 11.4 Å². The van der Waals surface area contributed by atoms with Gasteiger partial charge in [-0.1, -0.05) is 6.92 Å². The molecule has 0 radical (unpaired) electrons. The topological polar surface area (TPSA) is 101 Å². The third kappa shape index (κ3) is 5.53. The molecule has 1 aliphatic rings. The number of aryl methyl sites for hydroxylation is 1. The van der Waals surface area contributed by atoms with E-state index in [2.05, 4.69) is 27.5 Å². The van der Waals surface area contributed by atoms with Crippen LogP contribution in [0.25, 0.3) is 0 Å². The molecule has 162 valence electrons. The van der Waals surface area contributed by atoms with Crippen molar-refractivity contribution < 1.29 is 14.5 Å². The monoisotopic (exact) mass is 433 g/mol. The van der Waals surface area contributed by atoms with Gasteiger partial charge in [0.25, 0.3) is 11.6 Å². The maximum Gasteiger partial charge on any atom is 0.293 e. The summed E-state index contributed by atoms with van der Waals surface area (Å²) in [5.74, 6) is -0.178. The first kappa shape index (κ1) is 22.1. The van der Waals surface area contributed by atoms with Crippen LogP contribution in [0.15, 0.2) is 23.6 Å². The lowest BCUT2D eigenvalue weighted by molar-refractivity contribution is -0.384. The van der Waals surface area contributed by atoms with E-state index < -0.39 is 4.92 Å². The predicted molar refractivity (Wildman–Crippen MR) is 116 cm³/mol. The lowest BCUT2D eigenvalue weighted by Gasteiger charge is -2.34. The molecule has 9 nitrogen and oxygen atoms in total. The fourth-order valence-electron chi connectivity index (χ4n) is 3.36. The van der Waals surface area contributed by atoms with Crippen LogP contribution < -0.4 is 5.32 Å². The van der Waals surface area contributed by atoms with Crippen molar-refractivity contribution in [3.05, 3.63) is 50.0 Å². The molecule has 1 aromatic carbocycles. The molecule has 0 aliphatic carbocycles. The van der Waals surface area contributed by atoms with E-state index in [1.54, 1.807) is 35.5 Å². The Morgan fingerprint density at radius 2 is 2.10 bits per heavy atom. The van der Waals surface area contributed by atoms with Crippen LogP contribution in [0.1, 0.15) is 28.0 Å². The number of piperazine rings is 1. The van der Waals surface area contributed by atoms with Gasteiger partial charge in [-0.2, -0.15) is 0 Å². The predicted octanol–water partition coefficient (Wildman–Crippen LogP) is 2.63. The van der Waals surface area contributed by atoms with E-state index in [-0.39, 0.29) is 11.6 Å². The number of hydrogen-bond acceptors (Lipinski definition) is 8. The van der Waals surface area contributed by atoms with Crippen LogP contribution in [0.3, 0.4) is 0 Å². The van der Waals surface area contributed by atoms with Gasteiger partial charge in [0.2, 0.25) is 0 Å². The minimum atomic E-state index is -0.470. The van der Waals surface area contributed by atoms with Crippen LogP contribution >= 0.6 is 11.3 Å². The Morgan fingerprint density at radius 1 is 1.33 bits per heavy atom. The smallest absolute Gasteiger partial charge is 0.293 e. The van der Waals surface area contributed by atoms with Crippen molar-refractivity contribution >= 4 is 28.6 Å². The first-order valence-electron chi connectivity index (χ1n) is 9.98. The number of nitrogens with one attached hydrogen (secondary N) is 1. The number of carbonyl (C=O) groups is 1. The normalized spacial score (nSPS) is 14.7. The number of hydrogen-bond donors (Lipinski definition) is 1. The summed E-state index contributed by atoms with van der Waals surface area (Å²) in [5, 5.41) is 17.7. The minimum Gasteiger partial charge on any atom is -0.383 e. The SMILES string of the molecule is CCc1nc(CN2CCN(C(=O)c3ccc(NCCOC)c([N+](=O)[O-])c3)CC2)cs1. The molecule has 1 saturated heterocycles. The van der Waals surface area contributed by atoms with Crippen LogP contribution in [-0.4, -0.2) is 72.1 Å². The number of nitrogens with zero attached hydrogens (tertiary/aromatic N) is 4. The number of aromatic nitrogens is 1. The molecule has 2 heterocycles. The summed E-state index contributed by atoms with van der Waals surface area (Å²) in [6.45, 7) is 6.45. The molecule has 0 bridgehead atoms. The zero-order valence-electron chi connectivity index (χ0n) is 17.3. The maximum atomic E-state index is 12.9. The third-order valence-corrected chi connectivity index (χ3v) is 6.05. The molecule has 0 saturated carbocycles. The number of nitro benzene ring substituents is 1. The van der Waals surface area contributed by atoms with E-state index in [0.29, 0.717) is 37.5 Å². The second-order valence-corrected chi connectivity index (χ2v) is 8.01. The van der Waals surface area contributed by atoms with E-state index in [4.69, 9.17) is 4.74 Å². The summed E-state index contributed by atoms with van der Waals surface area (Å²) in [5.41, 5.74) is 1.68. The zero-order valence-corrected chi connectivity index (χ0v) is 18.1. The number of amides is 1. The van der Waals surface area contributed by atoms with Gasteiger partial charge in [0.1, 0.15) is 5.69 Å². The Balaban J connectivity index is 1.60. The zero-order chi connectivity index (χ0) is 21.5. The van der Waals surface area contributed by atoms with E-state index >= 15 is 0 Å². The molecule has 1 amide bonds. The number of ether oxygens (including phenoxy) is 1. The third-order valence-electron chi connectivity index (χ3n) is 5.01. The van der Waals surface area contributed by atoms with Crippen molar-refractivity contribution in [3.8, 4) is 0 Å². The van der Waals surface area contributed by atoms with E-state index in [9.17, 15) is 14.9 Å². The summed E-state index contributed by atoms with van der Waals surface area (Å²) in [6.07, 6.45) is 0.944. The number of methoxy groups -OCH3 is 1. The summed E-state index contributed by atoms with van der Waals surface area (Å²) in [6, 6.07) is 4.58. The standard InChI is InChI=1S/C20H27N5O4S/c1-3-19-22-16(14-30-19)13-23-7-9-24(10-8-23)20(26)15-4-5-17(21-6-11-29-2)18(12-15)25(27)28/h4-5,12,14,21H,3,6-11,13H2,1-2H3. The number of anilines is 1. The Morgan fingerprint density at radius 3 is 2.73 bits per heavy atom. The summed E-state index contributed by atoms with van der Waals surface area (Å²) in [4.78, 5) is 32.5. The van der Waals surface area contributed by atoms with E-state index in [1.165, 1.54) is 6.07 Å². The Bertz CT molecular complexity index is 880. The van der Waals surface area contributed by atoms with Crippen molar-refractivity contribution in [2.24, 2.45) is 0 Å². The Hall–Kier alpha value is -2.56. The lowest BCUT2D eigenvalue weighted by atomic mass is 10.1. The van der Waals surface area contributed by atoms with Gasteiger partial charge in [-0.3, -0.25) is 19.8 Å². The highest BCUT2D eigenvalue weighted by atomic mass is 32.1. The minimum absolute atomic E-state index is 0.106. The van der Waals surface area contributed by atoms with Gasteiger partial charge >= 0.3 is 0 Å². The fraction of sp³-hybridized carbons (Fsp3) is 0.500. The largest absolute Gasteiger partial charge is 0.383 e. The maximum absolute atomic E-state index is 12.9. The lowest BCUT2D eigenvalue weighted by Crippen LogP contribution is -2.48. The van der Waals surface area contributed by atoms with Gasteiger partial charge in [0.05, 0.1) is 22.2 Å². The molecule has 1 aromatic heterocycles. The Kier molecular flexibility index (Phi) is 7.72. The number of thiazole rings is 1. The van der Waals surface area contributed by atoms with Crippen molar-refractivity contribution in [1.29, 1.82) is 0 Å². The molecular weight excluding hydrogens is 406 g/mol. The van der Waals surface area contributed by atoms with Gasteiger partial charge in [0, 0.05) is 63.4 Å². The average Bonchev–Trinajstić information content (AvgIpc) is 3.21. The Labute approximate surface area is 179 Å². The first-order chi connectivity index (χ1) is 14.5. The van der Waals surface area contributed by atoms with Gasteiger partial charge in [-0.25, -0.2) is 4.98 Å². The molecule has 0 unspecified atom stereocenters. The van der Waals surface area contributed by atoms with Crippen LogP contribution in [0, 0.1) is 10.1 Å². The highest BCUT2D eigenvalue weighted by molar-refractivity contribution is 7.09. The molecular formula is C20H27N5O4S. The van der Waals surface area contributed by atoms with E-state index in [1.807, 2.05) is 0 Å². The second-order valence-electron chi connectivity index (χ2n) is 7.06. The van der Waals surface area contributed by atoms with E-state index in [0.717, 1.165) is 36.8 Å². The molecule has 0 spiro atoms. The second kappa shape index (κ2) is 10.5. The average molecular weight is 434 g/mol. The molecule has 1 N–H and O–H groups in total. The van der Waals surface area contributed by atoms with Crippen LogP contribution in [0.2, 0.25) is 0 Å².